The third kappa shape index (κ3) is 1.69. The molecule has 0 spiro atoms. The summed E-state index contributed by atoms with van der Waals surface area (Å²) in [6, 6.07) is 13.8. The SMILES string of the molecule is Nc1[nH+]c2c(s1)Cc1cc(-c3cccc(O)c3)ccc1-2. The number of thiazole rings is 1. The van der Waals surface area contributed by atoms with Crippen molar-refractivity contribution in [3.63, 3.8) is 0 Å². The zero-order valence-corrected chi connectivity index (χ0v) is 11.5. The van der Waals surface area contributed by atoms with Crippen LogP contribution in [0.5, 0.6) is 5.75 Å². The van der Waals surface area contributed by atoms with E-state index in [0.29, 0.717) is 5.75 Å². The van der Waals surface area contributed by atoms with Crippen molar-refractivity contribution in [2.75, 3.05) is 5.73 Å². The molecule has 0 aliphatic heterocycles. The molecular formula is C16H13N2OS+. The summed E-state index contributed by atoms with van der Waals surface area (Å²) in [6.45, 7) is 0. The van der Waals surface area contributed by atoms with E-state index in [0.717, 1.165) is 28.4 Å². The number of H-pyrrole nitrogens is 1. The van der Waals surface area contributed by atoms with Crippen LogP contribution < -0.4 is 10.7 Å². The lowest BCUT2D eigenvalue weighted by atomic mass is 10.00. The topological polar surface area (TPSA) is 60.4 Å². The van der Waals surface area contributed by atoms with Crippen LogP contribution >= 0.6 is 11.3 Å². The Bertz CT molecular complexity index is 823. The first kappa shape index (κ1) is 11.5. The van der Waals surface area contributed by atoms with Crippen molar-refractivity contribution in [1.29, 1.82) is 0 Å². The van der Waals surface area contributed by atoms with Crippen LogP contribution in [-0.4, -0.2) is 5.11 Å². The van der Waals surface area contributed by atoms with Gasteiger partial charge in [-0.15, -0.1) is 0 Å². The van der Waals surface area contributed by atoms with E-state index in [1.165, 1.54) is 16.0 Å². The molecule has 0 fully saturated rings. The van der Waals surface area contributed by atoms with Crippen LogP contribution in [-0.2, 0) is 6.42 Å². The molecule has 1 aliphatic carbocycles. The van der Waals surface area contributed by atoms with E-state index < -0.39 is 0 Å². The zero-order chi connectivity index (χ0) is 13.7. The molecule has 0 bridgehead atoms. The molecule has 0 saturated heterocycles. The number of hydrogen-bond donors (Lipinski definition) is 2. The molecule has 0 unspecified atom stereocenters. The number of anilines is 1. The van der Waals surface area contributed by atoms with Gasteiger partial charge in [-0.3, -0.25) is 5.73 Å². The normalized spacial score (nSPS) is 12.2. The Hall–Kier alpha value is -2.33. The molecule has 4 heteroatoms. The minimum atomic E-state index is 0.295. The fourth-order valence-electron chi connectivity index (χ4n) is 2.77. The number of nitrogens with one attached hydrogen (secondary N) is 1. The van der Waals surface area contributed by atoms with Crippen LogP contribution in [0.3, 0.4) is 0 Å². The fourth-order valence-corrected chi connectivity index (χ4v) is 3.68. The Kier molecular flexibility index (Phi) is 2.35. The van der Waals surface area contributed by atoms with E-state index in [2.05, 4.69) is 23.2 Å². The third-order valence-electron chi connectivity index (χ3n) is 3.67. The lowest BCUT2D eigenvalue weighted by Crippen LogP contribution is -2.06. The summed E-state index contributed by atoms with van der Waals surface area (Å²) in [4.78, 5) is 4.53. The Labute approximate surface area is 120 Å². The summed E-state index contributed by atoms with van der Waals surface area (Å²) in [5.41, 5.74) is 11.7. The Morgan fingerprint density at radius 1 is 1.10 bits per heavy atom. The average Bonchev–Trinajstić information content (AvgIpc) is 2.93. The summed E-state index contributed by atoms with van der Waals surface area (Å²) < 4.78 is 0. The Morgan fingerprint density at radius 2 is 1.95 bits per heavy atom. The minimum absolute atomic E-state index is 0.295. The fraction of sp³-hybridized carbons (Fsp3) is 0.0625. The molecule has 0 saturated carbocycles. The minimum Gasteiger partial charge on any atom is -0.508 e. The molecule has 4 rings (SSSR count). The van der Waals surface area contributed by atoms with Gasteiger partial charge in [0.2, 0.25) is 0 Å². The van der Waals surface area contributed by atoms with Crippen molar-refractivity contribution in [2.24, 2.45) is 0 Å². The smallest absolute Gasteiger partial charge is 0.330 e. The average molecular weight is 281 g/mol. The lowest BCUT2D eigenvalue weighted by molar-refractivity contribution is -0.340. The van der Waals surface area contributed by atoms with Crippen LogP contribution in [0.1, 0.15) is 10.4 Å². The van der Waals surface area contributed by atoms with Gasteiger partial charge in [0.05, 0.1) is 4.88 Å². The van der Waals surface area contributed by atoms with Gasteiger partial charge in [-0.2, -0.15) is 0 Å². The zero-order valence-electron chi connectivity index (χ0n) is 10.7. The van der Waals surface area contributed by atoms with Gasteiger partial charge in [0, 0.05) is 12.0 Å². The second-order valence-electron chi connectivity index (χ2n) is 4.99. The number of fused-ring (bicyclic) bond motifs is 3. The van der Waals surface area contributed by atoms with Crippen LogP contribution in [0.25, 0.3) is 22.4 Å². The molecule has 98 valence electrons. The number of hydrogen-bond acceptors (Lipinski definition) is 3. The summed E-state index contributed by atoms with van der Waals surface area (Å²) in [5.74, 6) is 0.295. The van der Waals surface area contributed by atoms with Crippen molar-refractivity contribution in [3.05, 3.63) is 52.9 Å². The van der Waals surface area contributed by atoms with Crippen molar-refractivity contribution in [1.82, 2.24) is 0 Å². The summed E-state index contributed by atoms with van der Waals surface area (Å²) in [7, 11) is 0. The maximum absolute atomic E-state index is 9.59. The lowest BCUT2D eigenvalue weighted by Gasteiger charge is -2.05. The number of nitrogens with two attached hydrogens (primary N) is 1. The van der Waals surface area contributed by atoms with Gasteiger partial charge in [-0.1, -0.05) is 35.6 Å². The molecular weight excluding hydrogens is 268 g/mol. The van der Waals surface area contributed by atoms with Gasteiger partial charge in [-0.05, 0) is 34.9 Å². The molecule has 3 nitrogen and oxygen atoms in total. The molecule has 2 aromatic carbocycles. The Balaban J connectivity index is 1.81. The highest BCUT2D eigenvalue weighted by Gasteiger charge is 2.25. The van der Waals surface area contributed by atoms with E-state index >= 15 is 0 Å². The summed E-state index contributed by atoms with van der Waals surface area (Å²) >= 11 is 1.62. The molecule has 1 aliphatic rings. The highest BCUT2D eigenvalue weighted by molar-refractivity contribution is 7.15. The second kappa shape index (κ2) is 4.08. The number of phenols is 1. The van der Waals surface area contributed by atoms with Crippen LogP contribution in [0.2, 0.25) is 0 Å². The van der Waals surface area contributed by atoms with Gasteiger partial charge in [0.25, 0.3) is 0 Å². The second-order valence-corrected chi connectivity index (χ2v) is 6.13. The van der Waals surface area contributed by atoms with Crippen LogP contribution in [0.15, 0.2) is 42.5 Å². The quantitative estimate of drug-likeness (QED) is 0.563. The van der Waals surface area contributed by atoms with Crippen LogP contribution in [0, 0.1) is 0 Å². The third-order valence-corrected chi connectivity index (χ3v) is 4.58. The monoisotopic (exact) mass is 281 g/mol. The van der Waals surface area contributed by atoms with E-state index in [1.807, 2.05) is 12.1 Å². The molecule has 1 aromatic heterocycles. The van der Waals surface area contributed by atoms with E-state index in [4.69, 9.17) is 5.73 Å². The number of rotatable bonds is 1. The number of aromatic nitrogens is 1. The molecule has 0 amide bonds. The van der Waals surface area contributed by atoms with Gasteiger partial charge in [-0.25, -0.2) is 4.98 Å². The first-order chi connectivity index (χ1) is 9.70. The highest BCUT2D eigenvalue weighted by Crippen LogP contribution is 2.39. The molecule has 3 aromatic rings. The van der Waals surface area contributed by atoms with Crippen LogP contribution in [0.4, 0.5) is 5.13 Å². The van der Waals surface area contributed by atoms with Crippen molar-refractivity contribution in [3.8, 4) is 28.1 Å². The number of aromatic hydroxyl groups is 1. The van der Waals surface area contributed by atoms with Gasteiger partial charge < -0.3 is 5.11 Å². The first-order valence-corrected chi connectivity index (χ1v) is 7.25. The maximum Gasteiger partial charge on any atom is 0.330 e. The predicted octanol–water partition coefficient (Wildman–Crippen LogP) is 3.09. The number of nitrogen functional groups attached to an aromatic ring is 1. The maximum atomic E-state index is 9.59. The van der Waals surface area contributed by atoms with E-state index in [1.54, 1.807) is 23.5 Å². The molecule has 20 heavy (non-hydrogen) atoms. The number of benzene rings is 2. The predicted molar refractivity (Wildman–Crippen MR) is 80.6 cm³/mol. The molecule has 4 N–H and O–H groups in total. The van der Waals surface area contributed by atoms with E-state index in [-0.39, 0.29) is 0 Å². The molecule has 1 heterocycles. The van der Waals surface area contributed by atoms with Gasteiger partial charge in [0.1, 0.15) is 11.4 Å². The number of aromatic amines is 1. The Morgan fingerprint density at radius 3 is 2.80 bits per heavy atom. The van der Waals surface area contributed by atoms with E-state index in [9.17, 15) is 5.11 Å². The summed E-state index contributed by atoms with van der Waals surface area (Å²) in [5, 5.41) is 10.4. The van der Waals surface area contributed by atoms with Crippen molar-refractivity contribution >= 4 is 16.5 Å². The van der Waals surface area contributed by atoms with Gasteiger partial charge >= 0.3 is 5.13 Å². The first-order valence-electron chi connectivity index (χ1n) is 6.44. The summed E-state index contributed by atoms with van der Waals surface area (Å²) in [6.07, 6.45) is 0.926. The largest absolute Gasteiger partial charge is 0.508 e. The standard InChI is InChI=1S/C16H12N2OS/c17-16-18-15-13-5-4-10(6-11(13)8-14(15)20-16)9-2-1-3-12(19)7-9/h1-7,19H,8H2,(H2,17,18)/p+1. The van der Waals surface area contributed by atoms with Crippen molar-refractivity contribution in [2.45, 2.75) is 6.42 Å². The molecule has 0 radical (unpaired) electrons. The number of phenolic OH excluding ortho intramolecular Hbond substituents is 1. The van der Waals surface area contributed by atoms with Gasteiger partial charge in [0.15, 0.2) is 0 Å². The molecule has 0 atom stereocenters. The van der Waals surface area contributed by atoms with Crippen molar-refractivity contribution < 1.29 is 10.1 Å². The highest BCUT2D eigenvalue weighted by atomic mass is 32.1.